The van der Waals surface area contributed by atoms with Gasteiger partial charge in [0.25, 0.3) is 0 Å². The normalized spacial score (nSPS) is 24.8. The first kappa shape index (κ1) is 12.2. The fourth-order valence-electron chi connectivity index (χ4n) is 3.05. The Morgan fingerprint density at radius 1 is 1.00 bits per heavy atom. The van der Waals surface area contributed by atoms with E-state index in [2.05, 4.69) is 37.7 Å². The van der Waals surface area contributed by atoms with Crippen LogP contribution in [0.2, 0.25) is 0 Å². The number of hydrogen-bond acceptors (Lipinski definition) is 4. The first-order valence-corrected chi connectivity index (χ1v) is 6.54. The standard InChI is InChI=1S/C15H19N3O/c1-7-8(2)12-15(5,6)9(3)13-16-10(4)17-14(11(7)19)18(12)13/h19H,1-6H3. The third-order valence-electron chi connectivity index (χ3n) is 4.53. The van der Waals surface area contributed by atoms with Crippen LogP contribution in [0.4, 0.5) is 0 Å². The number of nitrogens with zero attached hydrogens (tertiary/aromatic N) is 3. The third kappa shape index (κ3) is 1.29. The second-order valence-electron chi connectivity index (χ2n) is 5.95. The van der Waals surface area contributed by atoms with Crippen LogP contribution < -0.4 is 0 Å². The predicted octanol–water partition coefficient (Wildman–Crippen LogP) is 3.51. The van der Waals surface area contributed by atoms with Gasteiger partial charge in [0.2, 0.25) is 0 Å². The largest absolute Gasteiger partial charge is 0.504 e. The van der Waals surface area contributed by atoms with Crippen LogP contribution in [-0.2, 0) is 0 Å². The lowest BCUT2D eigenvalue weighted by molar-refractivity contribution is 0.401. The highest BCUT2D eigenvalue weighted by molar-refractivity contribution is 6.10. The molecule has 0 aromatic carbocycles. The molecule has 0 atom stereocenters. The Hall–Kier alpha value is -1.84. The molecule has 0 aliphatic carbocycles. The van der Waals surface area contributed by atoms with Gasteiger partial charge in [-0.3, -0.25) is 4.90 Å². The smallest absolute Gasteiger partial charge is 0.183 e. The summed E-state index contributed by atoms with van der Waals surface area (Å²) in [5.41, 5.74) is 4.34. The molecule has 0 aromatic heterocycles. The van der Waals surface area contributed by atoms with Crippen molar-refractivity contribution in [2.75, 3.05) is 0 Å². The van der Waals surface area contributed by atoms with Crippen molar-refractivity contribution < 1.29 is 5.11 Å². The Bertz CT molecular complexity index is 657. The highest BCUT2D eigenvalue weighted by atomic mass is 16.3. The van der Waals surface area contributed by atoms with E-state index < -0.39 is 0 Å². The van der Waals surface area contributed by atoms with Gasteiger partial charge in [0.05, 0.1) is 0 Å². The van der Waals surface area contributed by atoms with Crippen molar-refractivity contribution in [3.63, 3.8) is 0 Å². The maximum absolute atomic E-state index is 10.4. The van der Waals surface area contributed by atoms with Crippen molar-refractivity contribution in [3.8, 4) is 0 Å². The molecule has 19 heavy (non-hydrogen) atoms. The highest BCUT2D eigenvalue weighted by Crippen LogP contribution is 2.52. The summed E-state index contributed by atoms with van der Waals surface area (Å²) in [7, 11) is 0. The van der Waals surface area contributed by atoms with Crippen molar-refractivity contribution in [1.82, 2.24) is 4.90 Å². The quantitative estimate of drug-likeness (QED) is 0.722. The van der Waals surface area contributed by atoms with Crippen LogP contribution >= 0.6 is 0 Å². The molecule has 0 unspecified atom stereocenters. The van der Waals surface area contributed by atoms with Crippen molar-refractivity contribution in [2.24, 2.45) is 15.4 Å². The Balaban J connectivity index is 2.41. The molecule has 0 bridgehead atoms. The van der Waals surface area contributed by atoms with Gasteiger partial charge in [-0.15, -0.1) is 0 Å². The number of allylic oxidation sites excluding steroid dienone is 3. The number of rotatable bonds is 0. The Morgan fingerprint density at radius 3 is 2.26 bits per heavy atom. The number of aliphatic hydroxyl groups is 1. The second kappa shape index (κ2) is 3.38. The summed E-state index contributed by atoms with van der Waals surface area (Å²) in [5, 5.41) is 10.4. The lowest BCUT2D eigenvalue weighted by Gasteiger charge is -2.35. The van der Waals surface area contributed by atoms with Gasteiger partial charge < -0.3 is 5.11 Å². The summed E-state index contributed by atoms with van der Waals surface area (Å²) >= 11 is 0. The molecule has 0 saturated heterocycles. The lowest BCUT2D eigenvalue weighted by atomic mass is 9.80. The number of hydrogen-bond donors (Lipinski definition) is 1. The van der Waals surface area contributed by atoms with Crippen LogP contribution in [-0.4, -0.2) is 21.7 Å². The number of aliphatic hydroxyl groups excluding tert-OH is 1. The minimum Gasteiger partial charge on any atom is -0.504 e. The minimum atomic E-state index is -0.0870. The highest BCUT2D eigenvalue weighted by Gasteiger charge is 2.47. The van der Waals surface area contributed by atoms with E-state index in [1.807, 2.05) is 18.7 Å². The Labute approximate surface area is 113 Å². The monoisotopic (exact) mass is 257 g/mol. The fraction of sp³-hybridized carbons (Fsp3) is 0.467. The first-order chi connectivity index (χ1) is 8.76. The average Bonchev–Trinajstić information content (AvgIpc) is 2.54. The van der Waals surface area contributed by atoms with Gasteiger partial charge in [-0.1, -0.05) is 13.8 Å². The minimum absolute atomic E-state index is 0.0870. The molecule has 1 N–H and O–H groups in total. The maximum atomic E-state index is 10.4. The molecule has 0 spiro atoms. The van der Waals surface area contributed by atoms with Crippen LogP contribution in [0.25, 0.3) is 0 Å². The van der Waals surface area contributed by atoms with E-state index in [0.717, 1.165) is 17.0 Å². The lowest BCUT2D eigenvalue weighted by Crippen LogP contribution is -2.37. The molecule has 4 nitrogen and oxygen atoms in total. The van der Waals surface area contributed by atoms with Gasteiger partial charge in [-0.2, -0.15) is 0 Å². The maximum Gasteiger partial charge on any atom is 0.183 e. The zero-order chi connectivity index (χ0) is 14.1. The van der Waals surface area contributed by atoms with Crippen molar-refractivity contribution in [3.05, 3.63) is 34.0 Å². The van der Waals surface area contributed by atoms with Crippen LogP contribution in [0.1, 0.15) is 41.5 Å². The van der Waals surface area contributed by atoms with E-state index in [4.69, 9.17) is 0 Å². The summed E-state index contributed by atoms with van der Waals surface area (Å²) < 4.78 is 0. The van der Waals surface area contributed by atoms with E-state index in [1.54, 1.807) is 0 Å². The van der Waals surface area contributed by atoms with Gasteiger partial charge in [0.1, 0.15) is 11.7 Å². The van der Waals surface area contributed by atoms with E-state index in [1.165, 1.54) is 11.3 Å². The third-order valence-corrected chi connectivity index (χ3v) is 4.53. The molecular weight excluding hydrogens is 238 g/mol. The molecule has 3 rings (SSSR count). The van der Waals surface area contributed by atoms with Gasteiger partial charge >= 0.3 is 0 Å². The van der Waals surface area contributed by atoms with Crippen LogP contribution in [0.5, 0.6) is 0 Å². The molecule has 3 aliphatic heterocycles. The predicted molar refractivity (Wildman–Crippen MR) is 76.9 cm³/mol. The molecule has 0 radical (unpaired) electrons. The molecule has 0 saturated carbocycles. The van der Waals surface area contributed by atoms with E-state index in [0.29, 0.717) is 11.7 Å². The van der Waals surface area contributed by atoms with Crippen molar-refractivity contribution in [1.29, 1.82) is 0 Å². The average molecular weight is 257 g/mol. The summed E-state index contributed by atoms with van der Waals surface area (Å²) in [6.45, 7) is 12.4. The van der Waals surface area contributed by atoms with Gasteiger partial charge in [-0.25, -0.2) is 9.98 Å². The van der Waals surface area contributed by atoms with Crippen molar-refractivity contribution >= 4 is 11.7 Å². The van der Waals surface area contributed by atoms with Crippen LogP contribution in [0.15, 0.2) is 44.0 Å². The van der Waals surface area contributed by atoms with Gasteiger partial charge in [0.15, 0.2) is 11.6 Å². The number of amidine groups is 2. The van der Waals surface area contributed by atoms with Gasteiger partial charge in [0, 0.05) is 11.1 Å². The van der Waals surface area contributed by atoms with Crippen LogP contribution in [0, 0.1) is 5.41 Å². The van der Waals surface area contributed by atoms with Crippen LogP contribution in [0.3, 0.4) is 0 Å². The molecule has 100 valence electrons. The zero-order valence-electron chi connectivity index (χ0n) is 12.3. The van der Waals surface area contributed by atoms with E-state index in [-0.39, 0.29) is 11.2 Å². The second-order valence-corrected chi connectivity index (χ2v) is 5.95. The fourth-order valence-corrected chi connectivity index (χ4v) is 3.05. The molecule has 0 amide bonds. The number of aliphatic imine (C=N–C) groups is 2. The molecular formula is C15H19N3O. The molecule has 3 heterocycles. The zero-order valence-corrected chi connectivity index (χ0v) is 12.3. The molecule has 3 aliphatic rings. The summed E-state index contributed by atoms with van der Waals surface area (Å²) in [6.07, 6.45) is 0. The SMILES string of the molecule is CC1=NC2=C(C)C(C)(C)C3=C(C)C(C)=C(O)C(=N1)N23. The topological polar surface area (TPSA) is 48.2 Å². The summed E-state index contributed by atoms with van der Waals surface area (Å²) in [6, 6.07) is 0. The first-order valence-electron chi connectivity index (χ1n) is 6.54. The summed E-state index contributed by atoms with van der Waals surface area (Å²) in [5.74, 6) is 2.49. The Kier molecular flexibility index (Phi) is 2.17. The molecule has 4 heteroatoms. The van der Waals surface area contributed by atoms with Crippen molar-refractivity contribution in [2.45, 2.75) is 41.5 Å². The van der Waals surface area contributed by atoms with Gasteiger partial charge in [-0.05, 0) is 44.4 Å². The summed E-state index contributed by atoms with van der Waals surface area (Å²) in [4.78, 5) is 11.0. The van der Waals surface area contributed by atoms with E-state index in [9.17, 15) is 5.11 Å². The molecule has 0 fully saturated rings. The van der Waals surface area contributed by atoms with E-state index >= 15 is 0 Å². The Morgan fingerprint density at radius 2 is 1.63 bits per heavy atom. The molecule has 0 aromatic rings.